The fraction of sp³-hybridized carbons (Fsp3) is 0. The molecule has 0 bridgehead atoms. The fourth-order valence-corrected chi connectivity index (χ4v) is 0. The van der Waals surface area contributed by atoms with Crippen molar-refractivity contribution in [2.45, 2.75) is 0 Å². The number of hydrogen-bond donors (Lipinski definition) is 3. The number of phosphoric acid groups is 1. The van der Waals surface area contributed by atoms with E-state index >= 15 is 0 Å². The van der Waals surface area contributed by atoms with E-state index in [9.17, 15) is 0 Å². The van der Waals surface area contributed by atoms with Crippen LogP contribution in [0.1, 0.15) is 0 Å². The molecule has 0 heterocycles. The van der Waals surface area contributed by atoms with Crippen LogP contribution in [-0.2, 0) is 7.64 Å². The monoisotopic (exact) mass is 234 g/mol. The molecule has 7 heteroatoms. The third-order valence-corrected chi connectivity index (χ3v) is 0. The van der Waals surface area contributed by atoms with Gasteiger partial charge in [0, 0.05) is 0 Å². The van der Waals surface area contributed by atoms with E-state index in [0.717, 1.165) is 0 Å². The predicted octanol–water partition coefficient (Wildman–Crippen LogP) is -1.43. The van der Waals surface area contributed by atoms with E-state index in [4.69, 9.17) is 22.3 Å². The van der Waals surface area contributed by atoms with Crippen molar-refractivity contribution in [3.8, 4) is 0 Å². The average molecular weight is 233 g/mol. The molecule has 0 spiro atoms. The SMILES string of the molecule is O=P(O)(O)O.[O]=[Sn]. The van der Waals surface area contributed by atoms with Gasteiger partial charge in [0.1, 0.15) is 0 Å². The van der Waals surface area contributed by atoms with Gasteiger partial charge in [-0.05, 0) is 0 Å². The molecule has 42 valence electrons. The second-order valence-electron chi connectivity index (χ2n) is 0.513. The molecule has 7 heavy (non-hydrogen) atoms. The van der Waals surface area contributed by atoms with Gasteiger partial charge in [-0.25, -0.2) is 4.57 Å². The van der Waals surface area contributed by atoms with Gasteiger partial charge in [-0.1, -0.05) is 0 Å². The summed E-state index contributed by atoms with van der Waals surface area (Å²) in [7, 11) is -4.64. The van der Waals surface area contributed by atoms with Crippen molar-refractivity contribution >= 4 is 30.3 Å². The van der Waals surface area contributed by atoms with Crippen LogP contribution >= 0.6 is 7.82 Å². The van der Waals surface area contributed by atoms with E-state index in [1.807, 2.05) is 0 Å². The van der Waals surface area contributed by atoms with Crippen LogP contribution in [0.4, 0.5) is 0 Å². The van der Waals surface area contributed by atoms with Gasteiger partial charge >= 0.3 is 33.4 Å². The van der Waals surface area contributed by atoms with Gasteiger partial charge in [-0.3, -0.25) is 0 Å². The Labute approximate surface area is 53.1 Å². The van der Waals surface area contributed by atoms with E-state index in [2.05, 4.69) is 0 Å². The van der Waals surface area contributed by atoms with Crippen LogP contribution in [0.3, 0.4) is 0 Å². The van der Waals surface area contributed by atoms with Crippen LogP contribution < -0.4 is 0 Å². The summed E-state index contributed by atoms with van der Waals surface area (Å²) in [6.07, 6.45) is 0. The van der Waals surface area contributed by atoms with Crippen molar-refractivity contribution in [1.82, 2.24) is 0 Å². The quantitative estimate of drug-likeness (QED) is 0.352. The Morgan fingerprint density at radius 1 is 1.14 bits per heavy atom. The minimum absolute atomic E-state index is 0.300. The van der Waals surface area contributed by atoms with Gasteiger partial charge in [0.25, 0.3) is 0 Å². The predicted molar refractivity (Wildman–Crippen MR) is 20.7 cm³/mol. The molecule has 0 aliphatic heterocycles. The third kappa shape index (κ3) is 296. The molecule has 0 aromatic heterocycles. The molecule has 0 saturated carbocycles. The van der Waals surface area contributed by atoms with Crippen LogP contribution in [0.25, 0.3) is 0 Å². The molecule has 0 rings (SSSR count). The van der Waals surface area contributed by atoms with E-state index in [1.54, 1.807) is 0 Å². The van der Waals surface area contributed by atoms with E-state index < -0.39 is 7.82 Å². The van der Waals surface area contributed by atoms with E-state index in [1.165, 1.54) is 0 Å². The summed E-state index contributed by atoms with van der Waals surface area (Å²) in [5, 5.41) is 0. The molecule has 0 aliphatic carbocycles. The molecule has 0 saturated heterocycles. The maximum atomic E-state index is 8.88. The summed E-state index contributed by atoms with van der Waals surface area (Å²) in [5.41, 5.74) is 0. The molecule has 5 nitrogen and oxygen atoms in total. The first-order chi connectivity index (χ1) is 3.00. The average Bonchev–Trinajstić information content (AvgIpc) is 1.36. The minimum atomic E-state index is -4.64. The fourth-order valence-electron chi connectivity index (χ4n) is 0. The first-order valence-electron chi connectivity index (χ1n) is 0.987. The van der Waals surface area contributed by atoms with Crippen LogP contribution in [0, 0.1) is 0 Å². The van der Waals surface area contributed by atoms with Crippen molar-refractivity contribution in [2.75, 3.05) is 0 Å². The Hall–Kier alpha value is 0.709. The summed E-state index contributed by atoms with van der Waals surface area (Å²) >= 11 is 0.300. The molecular formula is H3O5PSn. The maximum absolute atomic E-state index is 8.88. The molecule has 0 unspecified atom stereocenters. The first-order valence-corrected chi connectivity index (χ1v) is 3.72. The Bertz CT molecular complexity index is 63.9. The molecule has 0 atom stereocenters. The molecule has 3 N–H and O–H groups in total. The Morgan fingerprint density at radius 2 is 1.14 bits per heavy atom. The Balaban J connectivity index is 0. The second-order valence-corrected chi connectivity index (χ2v) is 1.54. The van der Waals surface area contributed by atoms with E-state index in [0.29, 0.717) is 22.5 Å². The summed E-state index contributed by atoms with van der Waals surface area (Å²) in [4.78, 5) is 21.6. The van der Waals surface area contributed by atoms with Crippen molar-refractivity contribution in [3.63, 3.8) is 0 Å². The molecule has 0 aliphatic rings. The summed E-state index contributed by atoms with van der Waals surface area (Å²) in [5.74, 6) is 0. The number of rotatable bonds is 0. The van der Waals surface area contributed by atoms with Crippen molar-refractivity contribution in [1.29, 1.82) is 0 Å². The molecular weight excluding hydrogens is 230 g/mol. The standard InChI is InChI=1S/H3O4P.O.Sn/c1-5(2,3)4;;/h(H3,1,2,3,4);;. The normalized spacial score (nSPS) is 9.00. The zero-order chi connectivity index (χ0) is 6.50. The molecule has 2 radical (unpaired) electrons. The van der Waals surface area contributed by atoms with Gasteiger partial charge in [-0.2, -0.15) is 0 Å². The molecule has 0 amide bonds. The summed E-state index contributed by atoms with van der Waals surface area (Å²) in [6.45, 7) is 0. The van der Waals surface area contributed by atoms with Crippen LogP contribution in [0.15, 0.2) is 0 Å². The van der Waals surface area contributed by atoms with Gasteiger partial charge in [0.15, 0.2) is 0 Å². The molecule has 0 aromatic carbocycles. The van der Waals surface area contributed by atoms with Gasteiger partial charge in [0.2, 0.25) is 0 Å². The van der Waals surface area contributed by atoms with Crippen LogP contribution in [-0.4, -0.2) is 37.2 Å². The van der Waals surface area contributed by atoms with Gasteiger partial charge < -0.3 is 14.7 Å². The summed E-state index contributed by atoms with van der Waals surface area (Å²) in [6, 6.07) is 0. The van der Waals surface area contributed by atoms with Gasteiger partial charge in [0.05, 0.1) is 0 Å². The van der Waals surface area contributed by atoms with Crippen molar-refractivity contribution in [2.24, 2.45) is 0 Å². The molecule has 0 aromatic rings. The van der Waals surface area contributed by atoms with Crippen molar-refractivity contribution in [3.05, 3.63) is 0 Å². The zero-order valence-corrected chi connectivity index (χ0v) is 6.85. The molecule has 0 fully saturated rings. The van der Waals surface area contributed by atoms with E-state index in [-0.39, 0.29) is 0 Å². The van der Waals surface area contributed by atoms with Gasteiger partial charge in [-0.15, -0.1) is 0 Å². The third-order valence-electron chi connectivity index (χ3n) is 0. The summed E-state index contributed by atoms with van der Waals surface area (Å²) < 4.78 is 17.2. The van der Waals surface area contributed by atoms with Crippen molar-refractivity contribution < 1.29 is 22.3 Å². The van der Waals surface area contributed by atoms with Crippen LogP contribution in [0.5, 0.6) is 0 Å². The Morgan fingerprint density at radius 3 is 1.14 bits per heavy atom. The Kier molecular flexibility index (Phi) is 7.39. The number of hydrogen-bond acceptors (Lipinski definition) is 2. The van der Waals surface area contributed by atoms with Crippen LogP contribution in [0.2, 0.25) is 0 Å². The zero-order valence-electron chi connectivity index (χ0n) is 3.11. The second kappa shape index (κ2) is 4.86. The first kappa shape index (κ1) is 10.6. The topological polar surface area (TPSA) is 94.8 Å².